The van der Waals surface area contributed by atoms with Crippen molar-refractivity contribution in [3.63, 3.8) is 0 Å². The summed E-state index contributed by atoms with van der Waals surface area (Å²) in [6.07, 6.45) is 0. The van der Waals surface area contributed by atoms with Crippen LogP contribution < -0.4 is 9.64 Å². The minimum Gasteiger partial charge on any atom is -0.493 e. The number of aryl methyl sites for hydroxylation is 1. The van der Waals surface area contributed by atoms with Crippen LogP contribution in [0.5, 0.6) is 5.75 Å². The van der Waals surface area contributed by atoms with Crippen LogP contribution in [0.1, 0.15) is 25.8 Å². The predicted octanol–water partition coefficient (Wildman–Crippen LogP) is 4.36. The molecule has 0 bridgehead atoms. The number of thiazole rings is 1. The molecule has 3 nitrogen and oxygen atoms in total. The highest BCUT2D eigenvalue weighted by Gasteiger charge is 2.12. The van der Waals surface area contributed by atoms with Crippen LogP contribution in [-0.2, 0) is 0 Å². The van der Waals surface area contributed by atoms with E-state index >= 15 is 0 Å². The largest absolute Gasteiger partial charge is 0.493 e. The Balaban J connectivity index is 2.42. The zero-order valence-corrected chi connectivity index (χ0v) is 13.5. The molecule has 2 rings (SSSR count). The Bertz CT molecular complexity index is 561. The Morgan fingerprint density at radius 1 is 1.20 bits per heavy atom. The zero-order chi connectivity index (χ0) is 14.5. The van der Waals surface area contributed by atoms with Gasteiger partial charge in [-0.05, 0) is 39.8 Å². The minimum atomic E-state index is 0.665. The lowest BCUT2D eigenvalue weighted by Crippen LogP contribution is -2.21. The fourth-order valence-electron chi connectivity index (χ4n) is 2.27. The van der Waals surface area contributed by atoms with E-state index < -0.39 is 0 Å². The molecular formula is C16H22N2OS. The predicted molar refractivity (Wildman–Crippen MR) is 87.0 cm³/mol. The first-order chi connectivity index (χ1) is 9.69. The van der Waals surface area contributed by atoms with Crippen LogP contribution in [0, 0.1) is 6.92 Å². The average Bonchev–Trinajstić information content (AvgIpc) is 2.87. The molecule has 0 aliphatic heterocycles. The topological polar surface area (TPSA) is 25.4 Å². The standard InChI is InChI=1S/C16H22N2OS/c1-5-18(6-2)13-8-9-14(16(10-13)19-7-3)15-11-20-12(4)17-15/h8-11H,5-7H2,1-4H3. The molecule has 0 saturated carbocycles. The highest BCUT2D eigenvalue weighted by Crippen LogP contribution is 2.34. The van der Waals surface area contributed by atoms with Crippen molar-refractivity contribution in [1.29, 1.82) is 0 Å². The molecule has 1 aromatic carbocycles. The van der Waals surface area contributed by atoms with Crippen molar-refractivity contribution in [2.45, 2.75) is 27.7 Å². The van der Waals surface area contributed by atoms with Gasteiger partial charge in [0.25, 0.3) is 0 Å². The molecule has 0 aliphatic carbocycles. The first kappa shape index (κ1) is 14.9. The van der Waals surface area contributed by atoms with Crippen molar-refractivity contribution in [3.05, 3.63) is 28.6 Å². The van der Waals surface area contributed by atoms with Crippen LogP contribution in [0.2, 0.25) is 0 Å². The highest BCUT2D eigenvalue weighted by atomic mass is 32.1. The van der Waals surface area contributed by atoms with Gasteiger partial charge in [-0.1, -0.05) is 0 Å². The fourth-order valence-corrected chi connectivity index (χ4v) is 2.88. The van der Waals surface area contributed by atoms with Gasteiger partial charge in [0.05, 0.1) is 17.3 Å². The van der Waals surface area contributed by atoms with Crippen molar-refractivity contribution >= 4 is 17.0 Å². The quantitative estimate of drug-likeness (QED) is 0.790. The van der Waals surface area contributed by atoms with Gasteiger partial charge in [0.2, 0.25) is 0 Å². The molecule has 0 amide bonds. The first-order valence-corrected chi connectivity index (χ1v) is 8.01. The number of anilines is 1. The Labute approximate surface area is 125 Å². The van der Waals surface area contributed by atoms with E-state index in [4.69, 9.17) is 4.74 Å². The number of rotatable bonds is 6. The summed E-state index contributed by atoms with van der Waals surface area (Å²) in [4.78, 5) is 6.88. The van der Waals surface area contributed by atoms with Crippen LogP contribution in [-0.4, -0.2) is 24.7 Å². The number of ether oxygens (including phenoxy) is 1. The van der Waals surface area contributed by atoms with Gasteiger partial charge in [-0.3, -0.25) is 0 Å². The van der Waals surface area contributed by atoms with E-state index in [0.717, 1.165) is 35.1 Å². The highest BCUT2D eigenvalue weighted by molar-refractivity contribution is 7.09. The molecule has 0 aliphatic rings. The van der Waals surface area contributed by atoms with Crippen molar-refractivity contribution < 1.29 is 4.74 Å². The molecule has 0 N–H and O–H groups in total. The lowest BCUT2D eigenvalue weighted by atomic mass is 10.1. The van der Waals surface area contributed by atoms with E-state index in [1.54, 1.807) is 11.3 Å². The normalized spacial score (nSPS) is 10.6. The summed E-state index contributed by atoms with van der Waals surface area (Å²) < 4.78 is 5.82. The second-order valence-corrected chi connectivity index (χ2v) is 5.60. The van der Waals surface area contributed by atoms with Gasteiger partial charge in [0, 0.05) is 35.8 Å². The smallest absolute Gasteiger partial charge is 0.130 e. The molecule has 108 valence electrons. The van der Waals surface area contributed by atoms with Gasteiger partial charge < -0.3 is 9.64 Å². The third-order valence-corrected chi connectivity index (χ3v) is 4.06. The van der Waals surface area contributed by atoms with Gasteiger partial charge in [-0.2, -0.15) is 0 Å². The summed E-state index contributed by atoms with van der Waals surface area (Å²) in [7, 11) is 0. The summed E-state index contributed by atoms with van der Waals surface area (Å²) in [5.74, 6) is 0.919. The van der Waals surface area contributed by atoms with Crippen LogP contribution >= 0.6 is 11.3 Å². The summed E-state index contributed by atoms with van der Waals surface area (Å²) in [5, 5.41) is 3.17. The van der Waals surface area contributed by atoms with Gasteiger partial charge in [-0.25, -0.2) is 4.98 Å². The number of hydrogen-bond donors (Lipinski definition) is 0. The van der Waals surface area contributed by atoms with Crippen molar-refractivity contribution in [1.82, 2.24) is 4.98 Å². The summed E-state index contributed by atoms with van der Waals surface area (Å²) in [5.41, 5.74) is 3.28. The van der Waals surface area contributed by atoms with Crippen LogP contribution in [0.3, 0.4) is 0 Å². The average molecular weight is 290 g/mol. The Morgan fingerprint density at radius 2 is 1.95 bits per heavy atom. The van der Waals surface area contributed by atoms with Gasteiger partial charge in [0.15, 0.2) is 0 Å². The van der Waals surface area contributed by atoms with E-state index in [9.17, 15) is 0 Å². The monoisotopic (exact) mass is 290 g/mol. The Hall–Kier alpha value is -1.55. The molecule has 20 heavy (non-hydrogen) atoms. The van der Waals surface area contributed by atoms with Crippen LogP contribution in [0.4, 0.5) is 5.69 Å². The third-order valence-electron chi connectivity index (χ3n) is 3.29. The Morgan fingerprint density at radius 3 is 2.50 bits per heavy atom. The zero-order valence-electron chi connectivity index (χ0n) is 12.6. The molecule has 0 saturated heterocycles. The van der Waals surface area contributed by atoms with E-state index in [1.807, 2.05) is 13.8 Å². The maximum absolute atomic E-state index is 5.82. The number of aromatic nitrogens is 1. The minimum absolute atomic E-state index is 0.665. The summed E-state index contributed by atoms with van der Waals surface area (Å²) >= 11 is 1.67. The molecule has 2 aromatic rings. The van der Waals surface area contributed by atoms with Crippen molar-refractivity contribution in [2.24, 2.45) is 0 Å². The van der Waals surface area contributed by atoms with E-state index in [-0.39, 0.29) is 0 Å². The molecule has 0 atom stereocenters. The molecule has 0 radical (unpaired) electrons. The third kappa shape index (κ3) is 3.12. The maximum Gasteiger partial charge on any atom is 0.130 e. The lowest BCUT2D eigenvalue weighted by molar-refractivity contribution is 0.341. The fraction of sp³-hybridized carbons (Fsp3) is 0.438. The summed E-state index contributed by atoms with van der Waals surface area (Å²) in [6.45, 7) is 11.0. The van der Waals surface area contributed by atoms with E-state index in [0.29, 0.717) is 6.61 Å². The molecule has 0 unspecified atom stereocenters. The number of benzene rings is 1. The first-order valence-electron chi connectivity index (χ1n) is 7.13. The van der Waals surface area contributed by atoms with Gasteiger partial charge in [0.1, 0.15) is 5.75 Å². The van der Waals surface area contributed by atoms with Crippen LogP contribution in [0.25, 0.3) is 11.3 Å². The molecule has 0 spiro atoms. The Kier molecular flexibility index (Phi) is 5.01. The molecule has 4 heteroatoms. The van der Waals surface area contributed by atoms with Gasteiger partial charge in [-0.15, -0.1) is 11.3 Å². The molecule has 0 fully saturated rings. The SMILES string of the molecule is CCOc1cc(N(CC)CC)ccc1-c1csc(C)n1. The maximum atomic E-state index is 5.82. The molecular weight excluding hydrogens is 268 g/mol. The van der Waals surface area contributed by atoms with Crippen LogP contribution in [0.15, 0.2) is 23.6 Å². The number of nitrogens with zero attached hydrogens (tertiary/aromatic N) is 2. The molecule has 1 heterocycles. The van der Waals surface area contributed by atoms with E-state index in [1.165, 1.54) is 5.69 Å². The van der Waals surface area contributed by atoms with Gasteiger partial charge >= 0.3 is 0 Å². The van der Waals surface area contributed by atoms with Crippen molar-refractivity contribution in [2.75, 3.05) is 24.6 Å². The molecule has 1 aromatic heterocycles. The lowest BCUT2D eigenvalue weighted by Gasteiger charge is -2.22. The van der Waals surface area contributed by atoms with Crippen molar-refractivity contribution in [3.8, 4) is 17.0 Å². The van der Waals surface area contributed by atoms with E-state index in [2.05, 4.69) is 47.3 Å². The second kappa shape index (κ2) is 6.75. The summed E-state index contributed by atoms with van der Waals surface area (Å²) in [6, 6.07) is 6.40. The second-order valence-electron chi connectivity index (χ2n) is 4.54. The number of hydrogen-bond acceptors (Lipinski definition) is 4.